The summed E-state index contributed by atoms with van der Waals surface area (Å²) in [5.41, 5.74) is 0. The second-order valence-corrected chi connectivity index (χ2v) is 6.26. The topological polar surface area (TPSA) is 41.0 Å². The van der Waals surface area contributed by atoms with Gasteiger partial charge in [0.2, 0.25) is 0 Å². The summed E-state index contributed by atoms with van der Waals surface area (Å²) >= 11 is 2.04. The highest BCUT2D eigenvalue weighted by atomic mass is 32.2. The van der Waals surface area contributed by atoms with Crippen LogP contribution in [0, 0.1) is 6.92 Å². The average molecular weight is 266 g/mol. The largest absolute Gasteiger partial charge is 0.370 e. The van der Waals surface area contributed by atoms with Crippen molar-refractivity contribution < 1.29 is 0 Å². The monoisotopic (exact) mass is 266 g/mol. The predicted octanol–water partition coefficient (Wildman–Crippen LogP) is 2.55. The Bertz CT molecular complexity index is 397. The molecule has 0 amide bonds. The molecule has 2 heterocycles. The van der Waals surface area contributed by atoms with Gasteiger partial charge in [0.05, 0.1) is 0 Å². The van der Waals surface area contributed by atoms with Gasteiger partial charge in [-0.05, 0) is 13.3 Å². The number of thioether (sulfide) groups is 1. The summed E-state index contributed by atoms with van der Waals surface area (Å²) in [7, 11) is 0. The molecule has 0 bridgehead atoms. The van der Waals surface area contributed by atoms with E-state index in [2.05, 4.69) is 40.1 Å². The Hall–Kier alpha value is -0.970. The van der Waals surface area contributed by atoms with E-state index < -0.39 is 0 Å². The number of aryl methyl sites for hydroxylation is 1. The Morgan fingerprint density at radius 2 is 2.33 bits per heavy atom. The van der Waals surface area contributed by atoms with E-state index in [-0.39, 0.29) is 0 Å². The molecule has 0 spiro atoms. The molecule has 1 aromatic rings. The van der Waals surface area contributed by atoms with E-state index in [1.54, 1.807) is 0 Å². The van der Waals surface area contributed by atoms with Gasteiger partial charge in [0, 0.05) is 36.7 Å². The van der Waals surface area contributed by atoms with Crippen molar-refractivity contribution in [2.45, 2.75) is 32.4 Å². The van der Waals surface area contributed by atoms with Crippen LogP contribution in [0.4, 0.5) is 11.6 Å². The second-order valence-electron chi connectivity index (χ2n) is 4.71. The molecule has 1 fully saturated rings. The van der Waals surface area contributed by atoms with E-state index in [0.29, 0.717) is 5.25 Å². The van der Waals surface area contributed by atoms with Gasteiger partial charge < -0.3 is 10.2 Å². The fourth-order valence-electron chi connectivity index (χ4n) is 2.08. The molecule has 1 saturated heterocycles. The van der Waals surface area contributed by atoms with Gasteiger partial charge in [-0.1, -0.05) is 13.8 Å². The maximum atomic E-state index is 4.57. The molecular formula is C13H22N4S. The minimum Gasteiger partial charge on any atom is -0.370 e. The number of rotatable bonds is 4. The molecule has 5 heteroatoms. The second kappa shape index (κ2) is 6.27. The van der Waals surface area contributed by atoms with E-state index >= 15 is 0 Å². The molecule has 1 aliphatic heterocycles. The molecule has 18 heavy (non-hydrogen) atoms. The lowest BCUT2D eigenvalue weighted by molar-refractivity contribution is 0.764. The zero-order valence-corrected chi connectivity index (χ0v) is 12.3. The number of aromatic nitrogens is 2. The zero-order chi connectivity index (χ0) is 13.0. The lowest BCUT2D eigenvalue weighted by Gasteiger charge is -2.31. The van der Waals surface area contributed by atoms with Crippen LogP contribution in [0.5, 0.6) is 0 Å². The SMILES string of the molecule is CCCNc1cc(N2CCSC(C)C2)nc(C)n1. The summed E-state index contributed by atoms with van der Waals surface area (Å²) in [6.07, 6.45) is 1.11. The van der Waals surface area contributed by atoms with Crippen molar-refractivity contribution in [3.63, 3.8) is 0 Å². The Balaban J connectivity index is 2.13. The fourth-order valence-corrected chi connectivity index (χ4v) is 3.10. The summed E-state index contributed by atoms with van der Waals surface area (Å²) in [5, 5.41) is 4.02. The van der Waals surface area contributed by atoms with Crippen LogP contribution in [-0.2, 0) is 0 Å². The normalized spacial score (nSPS) is 19.9. The fraction of sp³-hybridized carbons (Fsp3) is 0.692. The van der Waals surface area contributed by atoms with Crippen molar-refractivity contribution in [1.82, 2.24) is 9.97 Å². The number of nitrogens with zero attached hydrogens (tertiary/aromatic N) is 3. The molecule has 0 aromatic carbocycles. The van der Waals surface area contributed by atoms with Crippen LogP contribution < -0.4 is 10.2 Å². The number of hydrogen-bond acceptors (Lipinski definition) is 5. The maximum Gasteiger partial charge on any atom is 0.134 e. The Morgan fingerprint density at radius 1 is 1.50 bits per heavy atom. The first-order valence-electron chi connectivity index (χ1n) is 6.65. The summed E-state index contributed by atoms with van der Waals surface area (Å²) in [5.74, 6) is 4.04. The van der Waals surface area contributed by atoms with Gasteiger partial charge in [0.25, 0.3) is 0 Å². The van der Waals surface area contributed by atoms with Crippen LogP contribution in [0.15, 0.2) is 6.07 Å². The Labute approximate surface area is 114 Å². The van der Waals surface area contributed by atoms with Crippen molar-refractivity contribution in [2.24, 2.45) is 0 Å². The standard InChI is InChI=1S/C13H22N4S/c1-4-5-14-12-8-13(16-11(3)15-12)17-6-7-18-10(2)9-17/h8,10H,4-7,9H2,1-3H3,(H,14,15,16). The molecule has 2 rings (SSSR count). The minimum atomic E-state index is 0.682. The highest BCUT2D eigenvalue weighted by molar-refractivity contribution is 8.00. The Morgan fingerprint density at radius 3 is 3.06 bits per heavy atom. The maximum absolute atomic E-state index is 4.57. The van der Waals surface area contributed by atoms with Gasteiger partial charge in [0.15, 0.2) is 0 Å². The van der Waals surface area contributed by atoms with E-state index in [1.807, 2.05) is 18.7 Å². The molecule has 100 valence electrons. The molecule has 0 saturated carbocycles. The first kappa shape index (κ1) is 13.5. The molecule has 4 nitrogen and oxygen atoms in total. The van der Waals surface area contributed by atoms with Crippen molar-refractivity contribution >= 4 is 23.4 Å². The summed E-state index contributed by atoms with van der Waals surface area (Å²) in [6, 6.07) is 2.07. The third-order valence-corrected chi connectivity index (χ3v) is 4.08. The van der Waals surface area contributed by atoms with Gasteiger partial charge in [-0.3, -0.25) is 0 Å². The molecule has 1 aliphatic rings. The van der Waals surface area contributed by atoms with Crippen LogP contribution in [0.25, 0.3) is 0 Å². The minimum absolute atomic E-state index is 0.682. The lowest BCUT2D eigenvalue weighted by atomic mass is 10.3. The third-order valence-electron chi connectivity index (χ3n) is 2.95. The molecule has 1 atom stereocenters. The number of nitrogens with one attached hydrogen (secondary N) is 1. The molecule has 1 aromatic heterocycles. The van der Waals surface area contributed by atoms with E-state index in [1.165, 1.54) is 5.75 Å². The molecule has 1 N–H and O–H groups in total. The van der Waals surface area contributed by atoms with Gasteiger partial charge in [0.1, 0.15) is 17.5 Å². The van der Waals surface area contributed by atoms with Crippen molar-refractivity contribution in [3.05, 3.63) is 11.9 Å². The molecule has 0 radical (unpaired) electrons. The van der Waals surface area contributed by atoms with Crippen LogP contribution >= 0.6 is 11.8 Å². The van der Waals surface area contributed by atoms with Crippen molar-refractivity contribution in [3.8, 4) is 0 Å². The van der Waals surface area contributed by atoms with Gasteiger partial charge in [-0.15, -0.1) is 0 Å². The smallest absolute Gasteiger partial charge is 0.134 e. The van der Waals surface area contributed by atoms with Crippen LogP contribution in [0.2, 0.25) is 0 Å². The Kier molecular flexibility index (Phi) is 4.69. The van der Waals surface area contributed by atoms with E-state index in [4.69, 9.17) is 0 Å². The van der Waals surface area contributed by atoms with Gasteiger partial charge >= 0.3 is 0 Å². The first-order valence-corrected chi connectivity index (χ1v) is 7.70. The number of hydrogen-bond donors (Lipinski definition) is 1. The van der Waals surface area contributed by atoms with Crippen LogP contribution in [0.1, 0.15) is 26.1 Å². The summed E-state index contributed by atoms with van der Waals surface area (Å²) in [6.45, 7) is 9.52. The third kappa shape index (κ3) is 3.51. The first-order chi connectivity index (χ1) is 8.69. The highest BCUT2D eigenvalue weighted by Crippen LogP contribution is 2.23. The average Bonchev–Trinajstić information content (AvgIpc) is 2.36. The quantitative estimate of drug-likeness (QED) is 0.907. The summed E-state index contributed by atoms with van der Waals surface area (Å²) in [4.78, 5) is 11.4. The van der Waals surface area contributed by atoms with Gasteiger partial charge in [-0.2, -0.15) is 11.8 Å². The highest BCUT2D eigenvalue weighted by Gasteiger charge is 2.18. The van der Waals surface area contributed by atoms with Gasteiger partial charge in [-0.25, -0.2) is 9.97 Å². The predicted molar refractivity (Wildman–Crippen MR) is 79.7 cm³/mol. The van der Waals surface area contributed by atoms with E-state index in [0.717, 1.165) is 43.5 Å². The molecular weight excluding hydrogens is 244 g/mol. The summed E-state index contributed by atoms with van der Waals surface area (Å²) < 4.78 is 0. The van der Waals surface area contributed by atoms with E-state index in [9.17, 15) is 0 Å². The lowest BCUT2D eigenvalue weighted by Crippen LogP contribution is -2.37. The zero-order valence-electron chi connectivity index (χ0n) is 11.4. The van der Waals surface area contributed by atoms with Crippen molar-refractivity contribution in [1.29, 1.82) is 0 Å². The van der Waals surface area contributed by atoms with Crippen LogP contribution in [0.3, 0.4) is 0 Å². The molecule has 1 unspecified atom stereocenters. The van der Waals surface area contributed by atoms with Crippen LogP contribution in [-0.4, -0.2) is 40.6 Å². The number of anilines is 2. The van der Waals surface area contributed by atoms with Crippen molar-refractivity contribution in [2.75, 3.05) is 35.6 Å². The molecule has 0 aliphatic carbocycles.